The zero-order valence-electron chi connectivity index (χ0n) is 14.6. The summed E-state index contributed by atoms with van der Waals surface area (Å²) in [6.07, 6.45) is 1.61. The molecule has 2 aromatic carbocycles. The number of amides is 1. The molecular weight excluding hydrogens is 345 g/mol. The number of benzene rings is 2. The Morgan fingerprint density at radius 3 is 2.59 bits per heavy atom. The topological polar surface area (TPSA) is 77.2 Å². The first-order valence-electron chi connectivity index (χ1n) is 8.57. The van der Waals surface area contributed by atoms with Gasteiger partial charge in [-0.3, -0.25) is 4.79 Å². The molecule has 0 bridgehead atoms. The van der Waals surface area contributed by atoms with Gasteiger partial charge in [0.1, 0.15) is 11.6 Å². The fraction of sp³-hybridized carbons (Fsp3) is 0.143. The smallest absolute Gasteiger partial charge is 0.229 e. The van der Waals surface area contributed by atoms with Crippen molar-refractivity contribution in [2.45, 2.75) is 12.5 Å². The zero-order chi connectivity index (χ0) is 19.1. The van der Waals surface area contributed by atoms with E-state index in [9.17, 15) is 9.18 Å². The third-order valence-electron chi connectivity index (χ3n) is 4.04. The van der Waals surface area contributed by atoms with Crippen molar-refractivity contribution in [1.29, 1.82) is 0 Å². The van der Waals surface area contributed by atoms with E-state index in [1.54, 1.807) is 30.5 Å². The molecule has 0 aliphatic rings. The predicted octanol–water partition coefficient (Wildman–Crippen LogP) is 3.37. The van der Waals surface area contributed by atoms with Gasteiger partial charge in [0, 0.05) is 31.4 Å². The summed E-state index contributed by atoms with van der Waals surface area (Å²) in [6.45, 7) is 0.559. The number of carbonyl (C=O) groups is 1. The molecule has 3 rings (SSSR count). The highest BCUT2D eigenvalue weighted by molar-refractivity contribution is 5.83. The van der Waals surface area contributed by atoms with Crippen LogP contribution in [0.1, 0.15) is 17.0 Å². The molecular formula is C21H20FN3O2. The number of aromatic nitrogens is 1. The molecule has 3 aromatic rings. The maximum absolute atomic E-state index is 13.2. The number of hydrogen-bond donors (Lipinski definition) is 2. The molecule has 0 fully saturated rings. The number of nitrogens with one attached hydrogen (secondary N) is 1. The minimum Gasteiger partial charge on any atom is -0.439 e. The van der Waals surface area contributed by atoms with E-state index in [1.165, 1.54) is 12.1 Å². The number of pyridine rings is 1. The molecule has 6 heteroatoms. The van der Waals surface area contributed by atoms with E-state index in [0.29, 0.717) is 18.2 Å². The summed E-state index contributed by atoms with van der Waals surface area (Å²) in [5, 5.41) is 2.88. The van der Waals surface area contributed by atoms with Crippen LogP contribution >= 0.6 is 0 Å². The fourth-order valence-electron chi connectivity index (χ4n) is 2.62. The summed E-state index contributed by atoms with van der Waals surface area (Å²) in [6, 6.07) is 18.7. The van der Waals surface area contributed by atoms with Gasteiger partial charge in [0.05, 0.1) is 5.92 Å². The molecule has 0 saturated carbocycles. The molecule has 0 spiro atoms. The Labute approximate surface area is 157 Å². The Morgan fingerprint density at radius 2 is 1.93 bits per heavy atom. The quantitative estimate of drug-likeness (QED) is 0.673. The van der Waals surface area contributed by atoms with Crippen LogP contribution in [0.3, 0.4) is 0 Å². The Hall–Kier alpha value is -3.25. The minimum absolute atomic E-state index is 0.135. The second kappa shape index (κ2) is 8.91. The number of halogens is 1. The summed E-state index contributed by atoms with van der Waals surface area (Å²) >= 11 is 0. The average Bonchev–Trinajstić information content (AvgIpc) is 2.69. The van der Waals surface area contributed by atoms with Crippen molar-refractivity contribution < 1.29 is 13.9 Å². The number of nitrogens with two attached hydrogens (primary N) is 1. The first kappa shape index (κ1) is 18.5. The lowest BCUT2D eigenvalue weighted by Gasteiger charge is -2.15. The molecule has 0 saturated heterocycles. The van der Waals surface area contributed by atoms with E-state index < -0.39 is 5.92 Å². The highest BCUT2D eigenvalue weighted by atomic mass is 19.1. The van der Waals surface area contributed by atoms with Crippen LogP contribution in [0.5, 0.6) is 11.6 Å². The third-order valence-corrected chi connectivity index (χ3v) is 4.04. The zero-order valence-corrected chi connectivity index (χ0v) is 14.6. The van der Waals surface area contributed by atoms with Gasteiger partial charge in [0.2, 0.25) is 11.8 Å². The van der Waals surface area contributed by atoms with Crippen LogP contribution < -0.4 is 15.8 Å². The largest absolute Gasteiger partial charge is 0.439 e. The Morgan fingerprint density at radius 1 is 1.11 bits per heavy atom. The molecule has 0 aliphatic heterocycles. The van der Waals surface area contributed by atoms with Crippen LogP contribution in [0.4, 0.5) is 4.39 Å². The molecule has 5 nitrogen and oxygen atoms in total. The van der Waals surface area contributed by atoms with Gasteiger partial charge in [-0.15, -0.1) is 0 Å². The Kier molecular flexibility index (Phi) is 6.12. The van der Waals surface area contributed by atoms with Crippen LogP contribution in [-0.2, 0) is 11.3 Å². The number of carbonyl (C=O) groups excluding carboxylic acids is 1. The number of rotatable bonds is 7. The monoisotopic (exact) mass is 365 g/mol. The van der Waals surface area contributed by atoms with Crippen LogP contribution in [0.25, 0.3) is 0 Å². The normalized spacial score (nSPS) is 11.6. The SMILES string of the molecule is NCC(C(=O)NCc1ccc(Oc2cccc(F)c2)nc1)c1ccccc1. The van der Waals surface area contributed by atoms with Crippen LogP contribution in [0.15, 0.2) is 72.9 Å². The summed E-state index contributed by atoms with van der Waals surface area (Å²) in [5.74, 6) is -0.185. The molecule has 27 heavy (non-hydrogen) atoms. The first-order chi connectivity index (χ1) is 13.2. The highest BCUT2D eigenvalue weighted by Crippen LogP contribution is 2.20. The van der Waals surface area contributed by atoms with Gasteiger partial charge in [0.15, 0.2) is 0 Å². The van der Waals surface area contributed by atoms with Crippen LogP contribution in [-0.4, -0.2) is 17.4 Å². The van der Waals surface area contributed by atoms with Crippen LogP contribution in [0.2, 0.25) is 0 Å². The van der Waals surface area contributed by atoms with Gasteiger partial charge in [0.25, 0.3) is 0 Å². The molecule has 1 aromatic heterocycles. The van der Waals surface area contributed by atoms with Gasteiger partial charge in [-0.05, 0) is 23.3 Å². The third kappa shape index (κ3) is 5.12. The fourth-order valence-corrected chi connectivity index (χ4v) is 2.62. The maximum atomic E-state index is 13.2. The maximum Gasteiger partial charge on any atom is 0.229 e. The highest BCUT2D eigenvalue weighted by Gasteiger charge is 2.18. The summed E-state index contributed by atoms with van der Waals surface area (Å²) in [5.41, 5.74) is 7.46. The molecule has 0 radical (unpaired) electrons. The van der Waals surface area contributed by atoms with Crippen molar-refractivity contribution >= 4 is 5.91 Å². The molecule has 0 aliphatic carbocycles. The minimum atomic E-state index is -0.394. The van der Waals surface area contributed by atoms with Crippen molar-refractivity contribution in [2.24, 2.45) is 5.73 Å². The number of hydrogen-bond acceptors (Lipinski definition) is 4. The second-order valence-corrected chi connectivity index (χ2v) is 5.98. The number of nitrogens with zero attached hydrogens (tertiary/aromatic N) is 1. The van der Waals surface area contributed by atoms with Gasteiger partial charge < -0.3 is 15.8 Å². The second-order valence-electron chi connectivity index (χ2n) is 5.98. The molecule has 1 atom stereocenters. The van der Waals surface area contributed by atoms with Crippen molar-refractivity contribution in [1.82, 2.24) is 10.3 Å². The van der Waals surface area contributed by atoms with Crippen molar-refractivity contribution in [3.05, 3.63) is 89.9 Å². The Balaban J connectivity index is 1.57. The Bertz CT molecular complexity index is 885. The molecule has 1 amide bonds. The molecule has 1 heterocycles. The standard InChI is InChI=1S/C21H20FN3O2/c22-17-7-4-8-18(11-17)27-20-10-9-15(13-24-20)14-25-21(26)19(12-23)16-5-2-1-3-6-16/h1-11,13,19H,12,14,23H2,(H,25,26). The van der Waals surface area contributed by atoms with Gasteiger partial charge >= 0.3 is 0 Å². The van der Waals surface area contributed by atoms with Gasteiger partial charge in [-0.25, -0.2) is 9.37 Å². The number of ether oxygens (including phenoxy) is 1. The van der Waals surface area contributed by atoms with E-state index in [4.69, 9.17) is 10.5 Å². The van der Waals surface area contributed by atoms with Crippen molar-refractivity contribution in [3.8, 4) is 11.6 Å². The summed E-state index contributed by atoms with van der Waals surface area (Å²) in [7, 11) is 0. The lowest BCUT2D eigenvalue weighted by molar-refractivity contribution is -0.122. The van der Waals surface area contributed by atoms with Crippen LogP contribution in [0, 0.1) is 5.82 Å². The van der Waals surface area contributed by atoms with E-state index in [-0.39, 0.29) is 18.3 Å². The average molecular weight is 365 g/mol. The molecule has 138 valence electrons. The van der Waals surface area contributed by atoms with E-state index >= 15 is 0 Å². The predicted molar refractivity (Wildman–Crippen MR) is 101 cm³/mol. The lowest BCUT2D eigenvalue weighted by Crippen LogP contribution is -2.33. The first-order valence-corrected chi connectivity index (χ1v) is 8.57. The van der Waals surface area contributed by atoms with Gasteiger partial charge in [-0.1, -0.05) is 42.5 Å². The molecule has 1 unspecified atom stereocenters. The van der Waals surface area contributed by atoms with E-state index in [0.717, 1.165) is 11.1 Å². The molecule has 3 N–H and O–H groups in total. The summed E-state index contributed by atoms with van der Waals surface area (Å²) < 4.78 is 18.7. The van der Waals surface area contributed by atoms with Crippen molar-refractivity contribution in [3.63, 3.8) is 0 Å². The van der Waals surface area contributed by atoms with Crippen molar-refractivity contribution in [2.75, 3.05) is 6.54 Å². The summed E-state index contributed by atoms with van der Waals surface area (Å²) in [4.78, 5) is 16.6. The van der Waals surface area contributed by atoms with E-state index in [1.807, 2.05) is 30.3 Å². The van der Waals surface area contributed by atoms with Gasteiger partial charge in [-0.2, -0.15) is 0 Å². The van der Waals surface area contributed by atoms with E-state index in [2.05, 4.69) is 10.3 Å². The lowest BCUT2D eigenvalue weighted by atomic mass is 9.98.